The van der Waals surface area contributed by atoms with E-state index in [-0.39, 0.29) is 6.42 Å². The van der Waals surface area contributed by atoms with Gasteiger partial charge in [0.1, 0.15) is 6.04 Å². The molecular formula is C13H14N4O5. The van der Waals surface area contributed by atoms with Crippen LogP contribution in [0, 0.1) is 0 Å². The monoisotopic (exact) mass is 306 g/mol. The second-order valence-electron chi connectivity index (χ2n) is 4.50. The molecule has 0 aliphatic carbocycles. The van der Waals surface area contributed by atoms with E-state index >= 15 is 0 Å². The van der Waals surface area contributed by atoms with Gasteiger partial charge in [0.2, 0.25) is 5.91 Å². The van der Waals surface area contributed by atoms with E-state index < -0.39 is 29.9 Å². The van der Waals surface area contributed by atoms with Gasteiger partial charge in [-0.25, -0.2) is 19.9 Å². The summed E-state index contributed by atoms with van der Waals surface area (Å²) in [6.07, 6.45) is -0.113. The number of benzene rings is 1. The zero-order valence-electron chi connectivity index (χ0n) is 11.7. The number of ether oxygens (including phenoxy) is 1. The van der Waals surface area contributed by atoms with Gasteiger partial charge in [0.25, 0.3) is 5.91 Å². The number of esters is 1. The topological polar surface area (TPSA) is 131 Å². The predicted octanol–water partition coefficient (Wildman–Crippen LogP) is -0.722. The lowest BCUT2D eigenvalue weighted by molar-refractivity contribution is -0.121. The van der Waals surface area contributed by atoms with E-state index in [1.54, 1.807) is 0 Å². The summed E-state index contributed by atoms with van der Waals surface area (Å²) in [4.78, 5) is 47.0. The first kappa shape index (κ1) is 15.4. The van der Waals surface area contributed by atoms with E-state index in [0.29, 0.717) is 11.3 Å². The number of hydrogen-bond acceptors (Lipinski definition) is 6. The maximum Gasteiger partial charge on any atom is 0.337 e. The molecule has 1 atom stereocenters. The number of rotatable bonds is 4. The SMILES string of the molecule is COC(=O)c1ccc(N2C(=O)CC(NNC(N)=O)C2=O)cc1. The van der Waals surface area contributed by atoms with Crippen LogP contribution in [0.1, 0.15) is 16.8 Å². The van der Waals surface area contributed by atoms with Gasteiger partial charge in [0, 0.05) is 0 Å². The van der Waals surface area contributed by atoms with Crippen LogP contribution in [-0.4, -0.2) is 37.0 Å². The van der Waals surface area contributed by atoms with Crippen molar-refractivity contribution < 1.29 is 23.9 Å². The molecule has 9 heteroatoms. The number of carbonyl (C=O) groups excluding carboxylic acids is 4. The first-order valence-corrected chi connectivity index (χ1v) is 6.30. The maximum atomic E-state index is 12.2. The average molecular weight is 306 g/mol. The van der Waals surface area contributed by atoms with Gasteiger partial charge in [0.15, 0.2) is 0 Å². The van der Waals surface area contributed by atoms with Gasteiger partial charge >= 0.3 is 12.0 Å². The second-order valence-corrected chi connectivity index (χ2v) is 4.50. The first-order valence-electron chi connectivity index (χ1n) is 6.30. The molecule has 1 aromatic carbocycles. The van der Waals surface area contributed by atoms with Gasteiger partial charge in [-0.15, -0.1) is 0 Å². The predicted molar refractivity (Wildman–Crippen MR) is 74.5 cm³/mol. The Morgan fingerprint density at radius 3 is 2.45 bits per heavy atom. The third-order valence-corrected chi connectivity index (χ3v) is 3.06. The smallest absolute Gasteiger partial charge is 0.337 e. The van der Waals surface area contributed by atoms with E-state index in [9.17, 15) is 19.2 Å². The van der Waals surface area contributed by atoms with Crippen LogP contribution in [0.3, 0.4) is 0 Å². The molecule has 2 rings (SSSR count). The van der Waals surface area contributed by atoms with Gasteiger partial charge in [-0.3, -0.25) is 15.0 Å². The summed E-state index contributed by atoms with van der Waals surface area (Å²) in [6.45, 7) is 0. The van der Waals surface area contributed by atoms with Crippen LogP contribution in [0.25, 0.3) is 0 Å². The summed E-state index contributed by atoms with van der Waals surface area (Å²) in [5, 5.41) is 0. The number of carbonyl (C=O) groups is 4. The zero-order chi connectivity index (χ0) is 16.3. The third kappa shape index (κ3) is 3.04. The van der Waals surface area contributed by atoms with Gasteiger partial charge in [-0.05, 0) is 24.3 Å². The van der Waals surface area contributed by atoms with Gasteiger partial charge in [0.05, 0.1) is 24.8 Å². The summed E-state index contributed by atoms with van der Waals surface area (Å²) < 4.78 is 4.57. The van der Waals surface area contributed by atoms with E-state index in [1.165, 1.54) is 31.4 Å². The van der Waals surface area contributed by atoms with Crippen LogP contribution >= 0.6 is 0 Å². The number of methoxy groups -OCH3 is 1. The van der Waals surface area contributed by atoms with Crippen molar-refractivity contribution in [3.05, 3.63) is 29.8 Å². The van der Waals surface area contributed by atoms with E-state index in [1.807, 2.05) is 0 Å². The summed E-state index contributed by atoms with van der Waals surface area (Å²) in [7, 11) is 1.26. The standard InChI is InChI=1S/C13H14N4O5/c1-22-12(20)7-2-4-8(5-3-7)17-10(18)6-9(11(17)19)15-16-13(14)21/h2-5,9,15H,6H2,1H3,(H3,14,16,21). The summed E-state index contributed by atoms with van der Waals surface area (Å²) >= 11 is 0. The molecule has 0 aromatic heterocycles. The largest absolute Gasteiger partial charge is 0.465 e. The molecule has 9 nitrogen and oxygen atoms in total. The number of hydrogen-bond donors (Lipinski definition) is 3. The normalized spacial score (nSPS) is 17.5. The van der Waals surface area contributed by atoms with Crippen molar-refractivity contribution in [3.63, 3.8) is 0 Å². The fourth-order valence-electron chi connectivity index (χ4n) is 2.04. The Morgan fingerprint density at radius 1 is 1.27 bits per heavy atom. The Morgan fingerprint density at radius 2 is 1.91 bits per heavy atom. The summed E-state index contributed by atoms with van der Waals surface area (Å²) in [5.74, 6) is -1.47. The lowest BCUT2D eigenvalue weighted by Crippen LogP contribution is -2.50. The molecule has 1 aliphatic heterocycles. The number of nitrogens with zero attached hydrogens (tertiary/aromatic N) is 1. The Balaban J connectivity index is 2.14. The highest BCUT2D eigenvalue weighted by Gasteiger charge is 2.39. The van der Waals surface area contributed by atoms with Crippen LogP contribution in [0.5, 0.6) is 0 Å². The molecule has 116 valence electrons. The molecule has 22 heavy (non-hydrogen) atoms. The highest BCUT2D eigenvalue weighted by molar-refractivity contribution is 6.22. The van der Waals surface area contributed by atoms with Crippen LogP contribution < -0.4 is 21.5 Å². The van der Waals surface area contributed by atoms with Crippen molar-refractivity contribution in [1.82, 2.24) is 10.9 Å². The first-order chi connectivity index (χ1) is 10.4. The van der Waals surface area contributed by atoms with Crippen molar-refractivity contribution in [3.8, 4) is 0 Å². The Kier molecular flexibility index (Phi) is 4.37. The van der Waals surface area contributed by atoms with E-state index in [0.717, 1.165) is 4.90 Å². The zero-order valence-corrected chi connectivity index (χ0v) is 11.7. The number of amides is 4. The molecule has 4 amide bonds. The number of imide groups is 1. The number of nitrogens with one attached hydrogen (secondary N) is 2. The molecule has 0 saturated carbocycles. The van der Waals surface area contributed by atoms with Crippen LogP contribution in [0.15, 0.2) is 24.3 Å². The highest BCUT2D eigenvalue weighted by Crippen LogP contribution is 2.23. The Hall–Kier alpha value is -2.94. The number of primary amides is 1. The van der Waals surface area contributed by atoms with Gasteiger partial charge in [-0.1, -0.05) is 0 Å². The molecule has 4 N–H and O–H groups in total. The van der Waals surface area contributed by atoms with E-state index in [4.69, 9.17) is 5.73 Å². The molecule has 1 heterocycles. The number of hydrazine groups is 1. The van der Waals surface area contributed by atoms with Crippen molar-refractivity contribution in [2.75, 3.05) is 12.0 Å². The van der Waals surface area contributed by atoms with Crippen molar-refractivity contribution in [1.29, 1.82) is 0 Å². The van der Waals surface area contributed by atoms with Crippen molar-refractivity contribution >= 4 is 29.5 Å². The molecule has 0 spiro atoms. The molecule has 1 unspecified atom stereocenters. The second kappa shape index (κ2) is 6.22. The summed E-state index contributed by atoms with van der Waals surface area (Å²) in [6, 6.07) is 4.08. The molecule has 1 fully saturated rings. The lowest BCUT2D eigenvalue weighted by atomic mass is 10.2. The molecule has 1 aromatic rings. The molecular weight excluding hydrogens is 292 g/mol. The number of anilines is 1. The average Bonchev–Trinajstić information content (AvgIpc) is 2.79. The maximum absolute atomic E-state index is 12.2. The number of urea groups is 1. The van der Waals surface area contributed by atoms with Crippen LogP contribution in [0.2, 0.25) is 0 Å². The van der Waals surface area contributed by atoms with Gasteiger partial charge in [-0.2, -0.15) is 0 Å². The molecule has 0 radical (unpaired) electrons. The van der Waals surface area contributed by atoms with Crippen molar-refractivity contribution in [2.24, 2.45) is 5.73 Å². The minimum atomic E-state index is -0.889. The molecule has 0 bridgehead atoms. The van der Waals surface area contributed by atoms with Crippen molar-refractivity contribution in [2.45, 2.75) is 12.5 Å². The van der Waals surface area contributed by atoms with E-state index in [2.05, 4.69) is 15.6 Å². The fourth-order valence-corrected chi connectivity index (χ4v) is 2.04. The fraction of sp³-hybridized carbons (Fsp3) is 0.231. The number of nitrogens with two attached hydrogens (primary N) is 1. The Labute approximate surface area is 125 Å². The summed E-state index contributed by atoms with van der Waals surface area (Å²) in [5.41, 5.74) is 9.97. The molecule has 1 aliphatic rings. The lowest BCUT2D eigenvalue weighted by Gasteiger charge is -2.15. The minimum absolute atomic E-state index is 0.113. The van der Waals surface area contributed by atoms with Crippen LogP contribution in [-0.2, 0) is 14.3 Å². The van der Waals surface area contributed by atoms with Gasteiger partial charge < -0.3 is 10.5 Å². The van der Waals surface area contributed by atoms with Crippen LogP contribution in [0.4, 0.5) is 10.5 Å². The Bertz CT molecular complexity index is 628. The minimum Gasteiger partial charge on any atom is -0.465 e. The quantitative estimate of drug-likeness (QED) is 0.382. The third-order valence-electron chi connectivity index (χ3n) is 3.06. The highest BCUT2D eigenvalue weighted by atomic mass is 16.5. The molecule has 1 saturated heterocycles.